The van der Waals surface area contributed by atoms with Crippen LogP contribution < -0.4 is 15.8 Å². The zero-order valence-electron chi connectivity index (χ0n) is 11.3. The van der Waals surface area contributed by atoms with Gasteiger partial charge in [-0.15, -0.1) is 0 Å². The highest BCUT2D eigenvalue weighted by molar-refractivity contribution is 5.72. The number of nitrogens with two attached hydrogens (primary N) is 1. The van der Waals surface area contributed by atoms with Crippen molar-refractivity contribution in [1.29, 1.82) is 0 Å². The van der Waals surface area contributed by atoms with Gasteiger partial charge in [-0.3, -0.25) is 0 Å². The second-order valence-corrected chi connectivity index (χ2v) is 4.60. The van der Waals surface area contributed by atoms with Gasteiger partial charge in [-0.2, -0.15) is 4.98 Å². The summed E-state index contributed by atoms with van der Waals surface area (Å²) in [5, 5.41) is 3.16. The van der Waals surface area contributed by atoms with Gasteiger partial charge in [-0.1, -0.05) is 17.7 Å². The molecule has 1 aromatic carbocycles. The summed E-state index contributed by atoms with van der Waals surface area (Å²) in [6, 6.07) is 7.98. The number of ether oxygens (including phenoxy) is 1. The van der Waals surface area contributed by atoms with Gasteiger partial charge in [0.05, 0.1) is 6.10 Å². The van der Waals surface area contributed by atoms with Crippen LogP contribution in [0.2, 0.25) is 0 Å². The maximum atomic E-state index is 6.00. The van der Waals surface area contributed by atoms with Crippen LogP contribution in [0, 0.1) is 6.92 Å². The number of hydrogen-bond acceptors (Lipinski definition) is 5. The lowest BCUT2D eigenvalue weighted by Crippen LogP contribution is -2.10. The fourth-order valence-corrected chi connectivity index (χ4v) is 1.57. The summed E-state index contributed by atoms with van der Waals surface area (Å²) in [4.78, 5) is 8.17. The van der Waals surface area contributed by atoms with Crippen LogP contribution in [-0.4, -0.2) is 16.1 Å². The lowest BCUT2D eigenvalue weighted by molar-refractivity contribution is 0.234. The SMILES string of the molecule is Cc1ccc(Nc2ncnc(OC(C)C)c2N)cc1. The van der Waals surface area contributed by atoms with Crippen LogP contribution >= 0.6 is 0 Å². The Morgan fingerprint density at radius 1 is 1.16 bits per heavy atom. The molecule has 5 heteroatoms. The van der Waals surface area contributed by atoms with Crippen LogP contribution in [0.4, 0.5) is 17.2 Å². The minimum absolute atomic E-state index is 0.0180. The van der Waals surface area contributed by atoms with Gasteiger partial charge in [0.2, 0.25) is 5.88 Å². The van der Waals surface area contributed by atoms with Gasteiger partial charge in [-0.25, -0.2) is 4.98 Å². The summed E-state index contributed by atoms with van der Waals surface area (Å²) in [5.74, 6) is 0.953. The van der Waals surface area contributed by atoms with E-state index in [1.54, 1.807) is 0 Å². The number of benzene rings is 1. The number of aryl methyl sites for hydroxylation is 1. The van der Waals surface area contributed by atoms with E-state index in [1.807, 2.05) is 45.0 Å². The number of anilines is 3. The molecule has 19 heavy (non-hydrogen) atoms. The average Bonchev–Trinajstić information content (AvgIpc) is 2.36. The molecule has 0 atom stereocenters. The van der Waals surface area contributed by atoms with Crippen LogP contribution in [0.25, 0.3) is 0 Å². The van der Waals surface area contributed by atoms with Crippen molar-refractivity contribution < 1.29 is 4.74 Å². The minimum Gasteiger partial charge on any atom is -0.473 e. The number of aromatic nitrogens is 2. The highest BCUT2D eigenvalue weighted by atomic mass is 16.5. The van der Waals surface area contributed by atoms with Crippen molar-refractivity contribution in [3.8, 4) is 5.88 Å². The Morgan fingerprint density at radius 3 is 2.47 bits per heavy atom. The van der Waals surface area contributed by atoms with Crippen molar-refractivity contribution in [1.82, 2.24) is 9.97 Å². The smallest absolute Gasteiger partial charge is 0.242 e. The summed E-state index contributed by atoms with van der Waals surface area (Å²) < 4.78 is 5.53. The average molecular weight is 258 g/mol. The Labute approximate surface area is 112 Å². The quantitative estimate of drug-likeness (QED) is 0.882. The molecule has 0 amide bonds. The molecule has 0 saturated carbocycles. The molecule has 0 spiro atoms. The van der Waals surface area contributed by atoms with E-state index in [2.05, 4.69) is 15.3 Å². The van der Waals surface area contributed by atoms with Gasteiger partial charge >= 0.3 is 0 Å². The molecule has 0 saturated heterocycles. The lowest BCUT2D eigenvalue weighted by atomic mass is 10.2. The number of nitrogen functional groups attached to an aromatic ring is 1. The maximum Gasteiger partial charge on any atom is 0.242 e. The zero-order chi connectivity index (χ0) is 13.8. The molecule has 0 radical (unpaired) electrons. The number of nitrogens with zero attached hydrogens (tertiary/aromatic N) is 2. The topological polar surface area (TPSA) is 73.1 Å². The third-order valence-electron chi connectivity index (χ3n) is 2.51. The van der Waals surface area contributed by atoms with E-state index in [1.165, 1.54) is 11.9 Å². The molecular formula is C14H18N4O. The Kier molecular flexibility index (Phi) is 3.85. The molecule has 0 aliphatic carbocycles. The van der Waals surface area contributed by atoms with Crippen molar-refractivity contribution in [3.63, 3.8) is 0 Å². The van der Waals surface area contributed by atoms with E-state index in [0.717, 1.165) is 5.69 Å². The predicted octanol–water partition coefficient (Wildman–Crippen LogP) is 2.90. The fraction of sp³-hybridized carbons (Fsp3) is 0.286. The van der Waals surface area contributed by atoms with E-state index in [9.17, 15) is 0 Å². The third-order valence-corrected chi connectivity index (χ3v) is 2.51. The first-order chi connectivity index (χ1) is 9.06. The van der Waals surface area contributed by atoms with Crippen LogP contribution in [0.15, 0.2) is 30.6 Å². The number of rotatable bonds is 4. The van der Waals surface area contributed by atoms with Crippen molar-refractivity contribution in [2.24, 2.45) is 0 Å². The lowest BCUT2D eigenvalue weighted by Gasteiger charge is -2.13. The summed E-state index contributed by atoms with van der Waals surface area (Å²) in [6.07, 6.45) is 1.45. The van der Waals surface area contributed by atoms with E-state index in [-0.39, 0.29) is 6.10 Å². The molecule has 5 nitrogen and oxygen atoms in total. The first kappa shape index (κ1) is 13.1. The van der Waals surface area contributed by atoms with Crippen molar-refractivity contribution in [2.75, 3.05) is 11.1 Å². The second kappa shape index (κ2) is 5.56. The monoisotopic (exact) mass is 258 g/mol. The number of nitrogens with one attached hydrogen (secondary N) is 1. The van der Waals surface area contributed by atoms with Crippen molar-refractivity contribution >= 4 is 17.2 Å². The van der Waals surface area contributed by atoms with Gasteiger partial charge in [0.1, 0.15) is 12.0 Å². The molecule has 0 bridgehead atoms. The maximum absolute atomic E-state index is 6.00. The normalized spacial score (nSPS) is 10.5. The van der Waals surface area contributed by atoms with E-state index in [0.29, 0.717) is 17.4 Å². The van der Waals surface area contributed by atoms with E-state index < -0.39 is 0 Å². The summed E-state index contributed by atoms with van der Waals surface area (Å²) in [5.41, 5.74) is 8.53. The van der Waals surface area contributed by atoms with Gasteiger partial charge in [0.25, 0.3) is 0 Å². The first-order valence-electron chi connectivity index (χ1n) is 6.17. The summed E-state index contributed by atoms with van der Waals surface area (Å²) >= 11 is 0. The molecule has 0 aliphatic rings. The Hall–Kier alpha value is -2.30. The zero-order valence-corrected chi connectivity index (χ0v) is 11.3. The highest BCUT2D eigenvalue weighted by Crippen LogP contribution is 2.27. The summed E-state index contributed by atoms with van der Waals surface area (Å²) in [7, 11) is 0. The molecule has 2 rings (SSSR count). The standard InChI is InChI=1S/C14H18N4O/c1-9(2)19-14-12(15)13(16-8-17-14)18-11-6-4-10(3)5-7-11/h4-9H,15H2,1-3H3,(H,16,17,18). The molecule has 2 aromatic rings. The summed E-state index contributed by atoms with van der Waals surface area (Å²) in [6.45, 7) is 5.89. The predicted molar refractivity (Wildman–Crippen MR) is 76.7 cm³/mol. The molecular weight excluding hydrogens is 240 g/mol. The van der Waals surface area contributed by atoms with Crippen LogP contribution in [0.3, 0.4) is 0 Å². The fourth-order valence-electron chi connectivity index (χ4n) is 1.57. The van der Waals surface area contributed by atoms with Gasteiger partial charge in [-0.05, 0) is 32.9 Å². The van der Waals surface area contributed by atoms with Gasteiger partial charge in [0.15, 0.2) is 5.82 Å². The molecule has 1 heterocycles. The minimum atomic E-state index is 0.0180. The Morgan fingerprint density at radius 2 is 1.84 bits per heavy atom. The van der Waals surface area contributed by atoms with Crippen molar-refractivity contribution in [3.05, 3.63) is 36.2 Å². The molecule has 0 unspecified atom stereocenters. The van der Waals surface area contributed by atoms with Crippen LogP contribution in [-0.2, 0) is 0 Å². The van der Waals surface area contributed by atoms with E-state index in [4.69, 9.17) is 10.5 Å². The molecule has 0 aliphatic heterocycles. The largest absolute Gasteiger partial charge is 0.473 e. The molecule has 3 N–H and O–H groups in total. The van der Waals surface area contributed by atoms with Gasteiger partial charge < -0.3 is 15.8 Å². The molecule has 100 valence electrons. The Bertz CT molecular complexity index is 552. The second-order valence-electron chi connectivity index (χ2n) is 4.60. The Balaban J connectivity index is 2.23. The van der Waals surface area contributed by atoms with Gasteiger partial charge in [0, 0.05) is 5.69 Å². The molecule has 1 aromatic heterocycles. The van der Waals surface area contributed by atoms with E-state index >= 15 is 0 Å². The number of hydrogen-bond donors (Lipinski definition) is 2. The molecule has 0 fully saturated rings. The first-order valence-corrected chi connectivity index (χ1v) is 6.17. The third kappa shape index (κ3) is 3.34. The highest BCUT2D eigenvalue weighted by Gasteiger charge is 2.10. The van der Waals surface area contributed by atoms with Crippen LogP contribution in [0.1, 0.15) is 19.4 Å². The van der Waals surface area contributed by atoms with Crippen molar-refractivity contribution in [2.45, 2.75) is 26.9 Å². The van der Waals surface area contributed by atoms with Crippen LogP contribution in [0.5, 0.6) is 5.88 Å².